The molecule has 19 heavy (non-hydrogen) atoms. The third kappa shape index (κ3) is 3.33. The van der Waals surface area contributed by atoms with E-state index < -0.39 is 0 Å². The highest BCUT2D eigenvalue weighted by Gasteiger charge is 2.09. The maximum atomic E-state index is 13.1. The number of hydrogen-bond acceptors (Lipinski definition) is 2. The number of rotatable bonds is 3. The molecule has 0 saturated carbocycles. The van der Waals surface area contributed by atoms with Crippen molar-refractivity contribution >= 4 is 37.7 Å². The summed E-state index contributed by atoms with van der Waals surface area (Å²) in [6.45, 7) is 0. The van der Waals surface area contributed by atoms with Crippen molar-refractivity contribution in [1.29, 1.82) is 5.41 Å². The van der Waals surface area contributed by atoms with Gasteiger partial charge in [0.1, 0.15) is 23.2 Å². The minimum Gasteiger partial charge on any atom is -0.457 e. The van der Waals surface area contributed by atoms with Crippen molar-refractivity contribution in [3.8, 4) is 11.5 Å². The van der Waals surface area contributed by atoms with Crippen LogP contribution in [0.4, 0.5) is 4.39 Å². The molecule has 0 aliphatic rings. The van der Waals surface area contributed by atoms with Gasteiger partial charge in [-0.15, -0.1) is 0 Å². The maximum absolute atomic E-state index is 13.1. The Bertz CT molecular complexity index is 647. The lowest BCUT2D eigenvalue weighted by Crippen LogP contribution is -2.12. The molecule has 0 spiro atoms. The zero-order chi connectivity index (χ0) is 14.0. The highest BCUT2D eigenvalue weighted by Crippen LogP contribution is 2.30. The summed E-state index contributed by atoms with van der Waals surface area (Å²) < 4.78 is 19.9. The summed E-state index contributed by atoms with van der Waals surface area (Å²) in [6.07, 6.45) is 0. The van der Waals surface area contributed by atoms with Gasteiger partial charge in [-0.3, -0.25) is 5.41 Å². The Kier molecular flexibility index (Phi) is 4.21. The van der Waals surface area contributed by atoms with Crippen molar-refractivity contribution in [3.63, 3.8) is 0 Å². The molecule has 2 aromatic carbocycles. The summed E-state index contributed by atoms with van der Waals surface area (Å²) in [5.74, 6) is 0.423. The van der Waals surface area contributed by atoms with Crippen molar-refractivity contribution in [2.45, 2.75) is 0 Å². The van der Waals surface area contributed by atoms with Crippen molar-refractivity contribution in [1.82, 2.24) is 0 Å². The van der Waals surface area contributed by atoms with Gasteiger partial charge in [-0.05, 0) is 52.3 Å². The Hall–Kier alpha value is -1.40. The third-order valence-corrected chi connectivity index (χ3v) is 3.45. The monoisotopic (exact) mass is 386 g/mol. The fourth-order valence-electron chi connectivity index (χ4n) is 1.47. The van der Waals surface area contributed by atoms with Crippen LogP contribution in [0.5, 0.6) is 11.5 Å². The largest absolute Gasteiger partial charge is 0.457 e. The van der Waals surface area contributed by atoms with Crippen LogP contribution in [-0.2, 0) is 0 Å². The van der Waals surface area contributed by atoms with Crippen LogP contribution in [-0.4, -0.2) is 5.84 Å². The van der Waals surface area contributed by atoms with Gasteiger partial charge in [0.05, 0.1) is 10.0 Å². The zero-order valence-corrected chi connectivity index (χ0v) is 12.8. The predicted molar refractivity (Wildman–Crippen MR) is 79.3 cm³/mol. The Morgan fingerprint density at radius 1 is 1.16 bits per heavy atom. The topological polar surface area (TPSA) is 59.1 Å². The van der Waals surface area contributed by atoms with E-state index in [4.69, 9.17) is 15.9 Å². The molecule has 2 rings (SSSR count). The third-order valence-electron chi connectivity index (χ3n) is 2.35. The van der Waals surface area contributed by atoms with Gasteiger partial charge < -0.3 is 10.5 Å². The summed E-state index contributed by atoms with van der Waals surface area (Å²) >= 11 is 6.41. The van der Waals surface area contributed by atoms with Gasteiger partial charge in [-0.25, -0.2) is 4.39 Å². The van der Waals surface area contributed by atoms with E-state index in [-0.39, 0.29) is 11.7 Å². The summed E-state index contributed by atoms with van der Waals surface area (Å²) in [5.41, 5.74) is 5.97. The molecule has 0 bridgehead atoms. The molecular weight excluding hydrogens is 379 g/mol. The summed E-state index contributed by atoms with van der Waals surface area (Å²) in [5, 5.41) is 7.50. The molecule has 0 aromatic heterocycles. The first kappa shape index (κ1) is 14.0. The second-order valence-corrected chi connectivity index (χ2v) is 5.50. The molecule has 0 saturated heterocycles. The van der Waals surface area contributed by atoms with Crippen LogP contribution in [0.15, 0.2) is 45.3 Å². The number of nitrogens with two attached hydrogens (primary N) is 1. The molecule has 3 N–H and O–H groups in total. The van der Waals surface area contributed by atoms with Crippen LogP contribution >= 0.6 is 31.9 Å². The first-order valence-electron chi connectivity index (χ1n) is 5.24. The molecule has 0 radical (unpaired) electrons. The molecule has 0 aliphatic heterocycles. The van der Waals surface area contributed by atoms with Gasteiger partial charge in [0.25, 0.3) is 0 Å². The average molecular weight is 388 g/mol. The van der Waals surface area contributed by atoms with Gasteiger partial charge in [-0.1, -0.05) is 15.9 Å². The Morgan fingerprint density at radius 2 is 1.89 bits per heavy atom. The Morgan fingerprint density at radius 3 is 2.53 bits per heavy atom. The van der Waals surface area contributed by atoms with Gasteiger partial charge >= 0.3 is 0 Å². The second kappa shape index (κ2) is 5.71. The molecular formula is C13H9Br2FN2O. The minimum atomic E-state index is -0.367. The SMILES string of the molecule is N=C(N)c1ccc(Br)cc1Oc1ccc(F)c(Br)c1. The summed E-state index contributed by atoms with van der Waals surface area (Å²) in [7, 11) is 0. The molecule has 98 valence electrons. The first-order valence-corrected chi connectivity index (χ1v) is 6.83. The highest BCUT2D eigenvalue weighted by molar-refractivity contribution is 9.10. The lowest BCUT2D eigenvalue weighted by atomic mass is 10.2. The molecule has 0 fully saturated rings. The van der Waals surface area contributed by atoms with Crippen LogP contribution in [0.1, 0.15) is 5.56 Å². The molecule has 6 heteroatoms. The van der Waals surface area contributed by atoms with E-state index >= 15 is 0 Å². The number of halogens is 3. The Labute approximate surface area is 126 Å². The van der Waals surface area contributed by atoms with E-state index in [0.717, 1.165) is 4.47 Å². The van der Waals surface area contributed by atoms with Crippen molar-refractivity contribution < 1.29 is 9.13 Å². The standard InChI is InChI=1S/C13H9Br2FN2O/c14-7-1-3-9(13(17)18)12(5-7)19-8-2-4-11(16)10(15)6-8/h1-6H,(H3,17,18). The molecule has 3 nitrogen and oxygen atoms in total. The van der Waals surface area contributed by atoms with E-state index in [9.17, 15) is 4.39 Å². The molecule has 2 aromatic rings. The smallest absolute Gasteiger partial charge is 0.139 e. The molecule has 0 atom stereocenters. The van der Waals surface area contributed by atoms with Gasteiger partial charge in [-0.2, -0.15) is 0 Å². The molecule has 0 heterocycles. The Balaban J connectivity index is 2.39. The van der Waals surface area contributed by atoms with Crippen LogP contribution in [0.3, 0.4) is 0 Å². The van der Waals surface area contributed by atoms with Crippen LogP contribution < -0.4 is 10.5 Å². The lowest BCUT2D eigenvalue weighted by Gasteiger charge is -2.11. The minimum absolute atomic E-state index is 0.0938. The summed E-state index contributed by atoms with van der Waals surface area (Å²) in [4.78, 5) is 0. The van der Waals surface area contributed by atoms with E-state index in [1.807, 2.05) is 0 Å². The number of nitrogens with one attached hydrogen (secondary N) is 1. The molecule has 0 amide bonds. The molecule has 0 unspecified atom stereocenters. The van der Waals surface area contributed by atoms with Gasteiger partial charge in [0.15, 0.2) is 0 Å². The molecule has 0 aliphatic carbocycles. The fraction of sp³-hybridized carbons (Fsp3) is 0. The van der Waals surface area contributed by atoms with Crippen LogP contribution in [0.2, 0.25) is 0 Å². The van der Waals surface area contributed by atoms with Crippen molar-refractivity contribution in [2.24, 2.45) is 5.73 Å². The van der Waals surface area contributed by atoms with Gasteiger partial charge in [0.2, 0.25) is 0 Å². The maximum Gasteiger partial charge on any atom is 0.139 e. The second-order valence-electron chi connectivity index (χ2n) is 3.73. The number of ether oxygens (including phenoxy) is 1. The lowest BCUT2D eigenvalue weighted by molar-refractivity contribution is 0.478. The highest BCUT2D eigenvalue weighted by atomic mass is 79.9. The average Bonchev–Trinajstić information content (AvgIpc) is 2.33. The van der Waals surface area contributed by atoms with Gasteiger partial charge in [0, 0.05) is 4.47 Å². The van der Waals surface area contributed by atoms with E-state index in [1.54, 1.807) is 18.2 Å². The zero-order valence-electron chi connectivity index (χ0n) is 9.58. The number of nitrogen functional groups attached to an aromatic ring is 1. The first-order chi connectivity index (χ1) is 8.97. The number of amidine groups is 1. The fourth-order valence-corrected chi connectivity index (χ4v) is 2.17. The van der Waals surface area contributed by atoms with Crippen LogP contribution in [0, 0.1) is 11.2 Å². The van der Waals surface area contributed by atoms with E-state index in [1.165, 1.54) is 18.2 Å². The normalized spacial score (nSPS) is 10.3. The predicted octanol–water partition coefficient (Wildman–Crippen LogP) is 4.43. The van der Waals surface area contributed by atoms with E-state index in [0.29, 0.717) is 21.5 Å². The van der Waals surface area contributed by atoms with E-state index in [2.05, 4.69) is 31.9 Å². The van der Waals surface area contributed by atoms with Crippen molar-refractivity contribution in [3.05, 3.63) is 56.7 Å². The summed E-state index contributed by atoms with van der Waals surface area (Å²) in [6, 6.07) is 9.47. The quantitative estimate of drug-likeness (QED) is 0.604. The number of hydrogen-bond donors (Lipinski definition) is 2. The van der Waals surface area contributed by atoms with Crippen molar-refractivity contribution in [2.75, 3.05) is 0 Å². The van der Waals surface area contributed by atoms with Crippen LogP contribution in [0.25, 0.3) is 0 Å². The number of benzene rings is 2.